The number of fused-ring (bicyclic) bond motifs is 1. The lowest BCUT2D eigenvalue weighted by atomic mass is 9.48. The Morgan fingerprint density at radius 2 is 1.55 bits per heavy atom. The zero-order valence-electron chi connectivity index (χ0n) is 20.6. The number of nitrogens with zero attached hydrogens (tertiary/aromatic N) is 2. The van der Waals surface area contributed by atoms with Crippen molar-refractivity contribution < 1.29 is 9.53 Å². The molecule has 1 heterocycles. The van der Waals surface area contributed by atoms with Crippen molar-refractivity contribution in [2.75, 3.05) is 0 Å². The normalized spacial score (nSPS) is 34.9. The minimum absolute atomic E-state index is 0.181. The van der Waals surface area contributed by atoms with Crippen molar-refractivity contribution >= 4 is 6.09 Å². The van der Waals surface area contributed by atoms with Gasteiger partial charge in [0, 0.05) is 17.3 Å². The molecular formula is C28H43N3O2. The van der Waals surface area contributed by atoms with E-state index in [0.717, 1.165) is 30.6 Å². The maximum absolute atomic E-state index is 13.2. The van der Waals surface area contributed by atoms with Crippen LogP contribution in [0.1, 0.15) is 121 Å². The Morgan fingerprint density at radius 1 is 0.939 bits per heavy atom. The third-order valence-electron chi connectivity index (χ3n) is 10.1. The largest absolute Gasteiger partial charge is 0.414 e. The Kier molecular flexibility index (Phi) is 5.94. The molecule has 0 spiro atoms. The second-order valence-electron chi connectivity index (χ2n) is 12.4. The number of hydrogen-bond acceptors (Lipinski definition) is 3. The van der Waals surface area contributed by atoms with Crippen LogP contribution in [0, 0.1) is 23.2 Å². The molecule has 0 aromatic carbocycles. The predicted octanol–water partition coefficient (Wildman–Crippen LogP) is 6.74. The van der Waals surface area contributed by atoms with E-state index >= 15 is 0 Å². The van der Waals surface area contributed by atoms with E-state index in [1.54, 1.807) is 0 Å². The molecule has 7 rings (SSSR count). The van der Waals surface area contributed by atoms with Gasteiger partial charge in [-0.1, -0.05) is 32.1 Å². The van der Waals surface area contributed by atoms with Gasteiger partial charge < -0.3 is 10.1 Å². The number of nitrogens with one attached hydrogen (secondary N) is 1. The first kappa shape index (κ1) is 22.0. The van der Waals surface area contributed by atoms with Crippen LogP contribution in [-0.4, -0.2) is 21.9 Å². The summed E-state index contributed by atoms with van der Waals surface area (Å²) in [6, 6.07) is 0.666. The first-order valence-corrected chi connectivity index (χ1v) is 14.2. The van der Waals surface area contributed by atoms with Crippen molar-refractivity contribution in [2.24, 2.45) is 23.2 Å². The highest BCUT2D eigenvalue weighted by Gasteiger charge is 2.53. The first-order chi connectivity index (χ1) is 16.1. The summed E-state index contributed by atoms with van der Waals surface area (Å²) in [5.74, 6) is 3.28. The molecule has 1 amide bonds. The highest BCUT2D eigenvalue weighted by Crippen LogP contribution is 2.61. The average Bonchev–Trinajstić information content (AvgIpc) is 3.09. The van der Waals surface area contributed by atoms with Gasteiger partial charge in [-0.25, -0.2) is 4.79 Å². The summed E-state index contributed by atoms with van der Waals surface area (Å²) >= 11 is 0. The van der Waals surface area contributed by atoms with E-state index in [4.69, 9.17) is 9.84 Å². The van der Waals surface area contributed by atoms with Crippen LogP contribution in [0.4, 0.5) is 4.79 Å². The van der Waals surface area contributed by atoms with E-state index in [1.165, 1.54) is 108 Å². The minimum Gasteiger partial charge on any atom is -0.389 e. The fourth-order valence-electron chi connectivity index (χ4n) is 8.81. The Labute approximate surface area is 199 Å². The van der Waals surface area contributed by atoms with Crippen LogP contribution in [0.2, 0.25) is 0 Å². The van der Waals surface area contributed by atoms with Gasteiger partial charge in [-0.2, -0.15) is 0 Å². The monoisotopic (exact) mass is 453 g/mol. The molecule has 0 aliphatic heterocycles. The van der Waals surface area contributed by atoms with Crippen LogP contribution >= 0.6 is 0 Å². The molecule has 0 saturated heterocycles. The van der Waals surface area contributed by atoms with Gasteiger partial charge in [-0.05, 0) is 107 Å². The SMILES string of the molecule is CC(NC(=O)Oc1nn(C2CCCCC2)c2c1CCCCCC2)C12CC3CC(CC(C3)C1)C2. The molecule has 5 heteroatoms. The molecule has 4 bridgehead atoms. The number of carbonyl (C=O) groups excluding carboxylic acids is 1. The van der Waals surface area contributed by atoms with Crippen molar-refractivity contribution in [3.8, 4) is 5.88 Å². The summed E-state index contributed by atoms with van der Waals surface area (Å²) < 4.78 is 8.32. The summed E-state index contributed by atoms with van der Waals surface area (Å²) in [6.07, 6.45) is 21.3. The lowest BCUT2D eigenvalue weighted by molar-refractivity contribution is -0.0689. The van der Waals surface area contributed by atoms with Crippen molar-refractivity contribution in [1.82, 2.24) is 15.1 Å². The summed E-state index contributed by atoms with van der Waals surface area (Å²) in [5, 5.41) is 8.27. The van der Waals surface area contributed by atoms with Gasteiger partial charge in [-0.15, -0.1) is 5.10 Å². The Balaban J connectivity index is 1.19. The van der Waals surface area contributed by atoms with E-state index < -0.39 is 0 Å². The van der Waals surface area contributed by atoms with Gasteiger partial charge in [0.1, 0.15) is 0 Å². The Bertz CT molecular complexity index is 833. The van der Waals surface area contributed by atoms with Crippen molar-refractivity contribution in [3.05, 3.63) is 11.3 Å². The number of amides is 1. The molecule has 1 aromatic heterocycles. The van der Waals surface area contributed by atoms with E-state index in [-0.39, 0.29) is 12.1 Å². The van der Waals surface area contributed by atoms with Gasteiger partial charge in [0.05, 0.1) is 6.04 Å². The molecule has 6 aliphatic rings. The van der Waals surface area contributed by atoms with E-state index in [2.05, 4.69) is 16.9 Å². The quantitative estimate of drug-likeness (QED) is 0.549. The summed E-state index contributed by atoms with van der Waals surface area (Å²) in [6.45, 7) is 2.24. The van der Waals surface area contributed by atoms with Gasteiger partial charge in [0.25, 0.3) is 0 Å². The molecule has 1 atom stereocenters. The lowest BCUT2D eigenvalue weighted by Gasteiger charge is -2.58. The molecule has 1 N–H and O–H groups in total. The van der Waals surface area contributed by atoms with E-state index in [0.29, 0.717) is 17.3 Å². The average molecular weight is 454 g/mol. The smallest absolute Gasteiger partial charge is 0.389 e. The predicted molar refractivity (Wildman–Crippen MR) is 129 cm³/mol. The zero-order valence-corrected chi connectivity index (χ0v) is 20.6. The summed E-state index contributed by atoms with van der Waals surface area (Å²) in [7, 11) is 0. The number of rotatable bonds is 4. The third-order valence-corrected chi connectivity index (χ3v) is 10.1. The number of carbonyl (C=O) groups is 1. The van der Waals surface area contributed by atoms with Crippen molar-refractivity contribution in [3.63, 3.8) is 0 Å². The van der Waals surface area contributed by atoms with Gasteiger partial charge in [-0.3, -0.25) is 4.68 Å². The van der Waals surface area contributed by atoms with E-state index in [9.17, 15) is 4.79 Å². The molecule has 6 aliphatic carbocycles. The van der Waals surface area contributed by atoms with Crippen LogP contribution in [0.3, 0.4) is 0 Å². The molecule has 33 heavy (non-hydrogen) atoms. The maximum Gasteiger partial charge on any atom is 0.414 e. The molecule has 1 unspecified atom stereocenters. The molecule has 5 nitrogen and oxygen atoms in total. The molecule has 5 fully saturated rings. The lowest BCUT2D eigenvalue weighted by Crippen LogP contribution is -2.56. The molecule has 5 saturated carbocycles. The third kappa shape index (κ3) is 4.23. The van der Waals surface area contributed by atoms with Crippen LogP contribution in [0.5, 0.6) is 5.88 Å². The van der Waals surface area contributed by atoms with Crippen molar-refractivity contribution in [1.29, 1.82) is 0 Å². The minimum atomic E-state index is -0.281. The van der Waals surface area contributed by atoms with Crippen LogP contribution in [0.15, 0.2) is 0 Å². The first-order valence-electron chi connectivity index (χ1n) is 14.2. The highest BCUT2D eigenvalue weighted by atomic mass is 16.6. The Morgan fingerprint density at radius 3 is 2.21 bits per heavy atom. The van der Waals surface area contributed by atoms with Crippen LogP contribution in [0.25, 0.3) is 0 Å². The maximum atomic E-state index is 13.2. The second kappa shape index (κ2) is 8.92. The number of aromatic nitrogens is 2. The van der Waals surface area contributed by atoms with Crippen molar-refractivity contribution in [2.45, 2.75) is 128 Å². The molecule has 1 aromatic rings. The standard InChI is InChI=1S/C28H43N3O2/c1-19(28-16-20-13-21(17-28)15-22(14-20)18-28)29-27(32)33-26-24-11-7-2-3-8-12-25(24)31(30-26)23-9-5-4-6-10-23/h19-23H,2-18H2,1H3,(H,29,32). The molecule has 0 radical (unpaired) electrons. The zero-order chi connectivity index (χ0) is 22.4. The molecule has 182 valence electrons. The second-order valence-corrected chi connectivity index (χ2v) is 12.4. The van der Waals surface area contributed by atoms with E-state index in [1.807, 2.05) is 0 Å². The van der Waals surface area contributed by atoms with Gasteiger partial charge in [0.15, 0.2) is 0 Å². The molecular weight excluding hydrogens is 410 g/mol. The topological polar surface area (TPSA) is 56.1 Å². The van der Waals surface area contributed by atoms with Crippen LogP contribution in [-0.2, 0) is 12.8 Å². The number of ether oxygens (including phenoxy) is 1. The van der Waals surface area contributed by atoms with Gasteiger partial charge in [0.2, 0.25) is 5.88 Å². The van der Waals surface area contributed by atoms with Crippen LogP contribution < -0.4 is 10.1 Å². The number of hydrogen-bond donors (Lipinski definition) is 1. The fourth-order valence-corrected chi connectivity index (χ4v) is 8.81. The highest BCUT2D eigenvalue weighted by molar-refractivity contribution is 5.70. The fraction of sp³-hybridized carbons (Fsp3) is 0.857. The summed E-state index contributed by atoms with van der Waals surface area (Å²) in [5.41, 5.74) is 2.88. The summed E-state index contributed by atoms with van der Waals surface area (Å²) in [4.78, 5) is 13.2. The van der Waals surface area contributed by atoms with Gasteiger partial charge >= 0.3 is 6.09 Å². The Hall–Kier alpha value is -1.52.